The van der Waals surface area contributed by atoms with Crippen molar-refractivity contribution in [3.8, 4) is 17.6 Å². The van der Waals surface area contributed by atoms with E-state index in [2.05, 4.69) is 5.32 Å². The fourth-order valence-electron chi connectivity index (χ4n) is 2.46. The molecule has 32 heavy (non-hydrogen) atoms. The Kier molecular flexibility index (Phi) is 8.56. The van der Waals surface area contributed by atoms with Crippen LogP contribution in [0, 0.1) is 21.4 Å². The standard InChI is InChI=1S/C21H18ClN3O7/c1-3-31-20(26)12-32-18-7-4-13(9-19(18)30-2)8-14(11-23)21(27)24-17-6-5-15(25(28)29)10-16(17)22/h4-10H,3,12H2,1-2H3,(H,24,27)/b14-8+. The number of esters is 1. The molecule has 2 aromatic carbocycles. The van der Waals surface area contributed by atoms with Crippen molar-refractivity contribution in [2.75, 3.05) is 25.6 Å². The summed E-state index contributed by atoms with van der Waals surface area (Å²) < 4.78 is 15.4. The Morgan fingerprint density at radius 1 is 1.25 bits per heavy atom. The normalized spacial score (nSPS) is 10.6. The maximum absolute atomic E-state index is 12.5. The van der Waals surface area contributed by atoms with Crippen molar-refractivity contribution in [1.82, 2.24) is 0 Å². The lowest BCUT2D eigenvalue weighted by Gasteiger charge is -2.11. The first kappa shape index (κ1) is 24.2. The number of nitriles is 1. The molecule has 0 aromatic heterocycles. The second kappa shape index (κ2) is 11.3. The second-order valence-electron chi connectivity index (χ2n) is 6.05. The molecule has 0 aliphatic rings. The zero-order valence-corrected chi connectivity index (χ0v) is 17.8. The number of ether oxygens (including phenoxy) is 3. The predicted molar refractivity (Wildman–Crippen MR) is 115 cm³/mol. The number of nitro benzene ring substituents is 1. The van der Waals surface area contributed by atoms with Crippen molar-refractivity contribution in [2.24, 2.45) is 0 Å². The lowest BCUT2D eigenvalue weighted by molar-refractivity contribution is -0.384. The number of nitrogens with one attached hydrogen (secondary N) is 1. The first-order chi connectivity index (χ1) is 15.3. The van der Waals surface area contributed by atoms with Crippen LogP contribution >= 0.6 is 11.6 Å². The average molecular weight is 460 g/mol. The molecule has 0 aliphatic carbocycles. The highest BCUT2D eigenvalue weighted by Gasteiger charge is 2.15. The Morgan fingerprint density at radius 2 is 2.00 bits per heavy atom. The van der Waals surface area contributed by atoms with Gasteiger partial charge in [0.05, 0.1) is 29.4 Å². The Bertz CT molecular complexity index is 1110. The van der Waals surface area contributed by atoms with Gasteiger partial charge in [0.15, 0.2) is 18.1 Å². The number of non-ortho nitro benzene ring substituents is 1. The highest BCUT2D eigenvalue weighted by Crippen LogP contribution is 2.30. The first-order valence-electron chi connectivity index (χ1n) is 9.12. The third kappa shape index (κ3) is 6.45. The number of hydrogen-bond donors (Lipinski definition) is 1. The molecule has 2 rings (SSSR count). The molecule has 0 heterocycles. The number of hydrogen-bond acceptors (Lipinski definition) is 8. The van der Waals surface area contributed by atoms with Crippen molar-refractivity contribution in [3.05, 3.63) is 62.7 Å². The topological polar surface area (TPSA) is 141 Å². The monoisotopic (exact) mass is 459 g/mol. The molecule has 0 radical (unpaired) electrons. The number of halogens is 1. The van der Waals surface area contributed by atoms with Crippen molar-refractivity contribution < 1.29 is 28.7 Å². The summed E-state index contributed by atoms with van der Waals surface area (Å²) in [5.74, 6) is -0.741. The van der Waals surface area contributed by atoms with Crippen LogP contribution in [0.4, 0.5) is 11.4 Å². The van der Waals surface area contributed by atoms with Crippen molar-refractivity contribution in [3.63, 3.8) is 0 Å². The van der Waals surface area contributed by atoms with Gasteiger partial charge in [-0.1, -0.05) is 17.7 Å². The summed E-state index contributed by atoms with van der Waals surface area (Å²) in [5, 5.41) is 22.6. The van der Waals surface area contributed by atoms with Gasteiger partial charge in [-0.2, -0.15) is 5.26 Å². The van der Waals surface area contributed by atoms with Gasteiger partial charge in [-0.3, -0.25) is 14.9 Å². The van der Waals surface area contributed by atoms with E-state index in [1.165, 1.54) is 37.5 Å². The summed E-state index contributed by atoms with van der Waals surface area (Å²) in [5.41, 5.74) is 0.0821. The van der Waals surface area contributed by atoms with Crippen LogP contribution in [0.15, 0.2) is 42.0 Å². The maximum Gasteiger partial charge on any atom is 0.344 e. The van der Waals surface area contributed by atoms with Crippen LogP contribution in [0.3, 0.4) is 0 Å². The highest BCUT2D eigenvalue weighted by atomic mass is 35.5. The highest BCUT2D eigenvalue weighted by molar-refractivity contribution is 6.34. The zero-order chi connectivity index (χ0) is 23.7. The summed E-state index contributed by atoms with van der Waals surface area (Å²) in [6.07, 6.45) is 1.31. The largest absolute Gasteiger partial charge is 0.493 e. The number of benzene rings is 2. The van der Waals surface area contributed by atoms with E-state index >= 15 is 0 Å². The Morgan fingerprint density at radius 3 is 2.59 bits per heavy atom. The van der Waals surface area contributed by atoms with Gasteiger partial charge in [0.1, 0.15) is 11.6 Å². The molecular formula is C21H18ClN3O7. The predicted octanol–water partition coefficient (Wildman–Crippen LogP) is 3.74. The van der Waals surface area contributed by atoms with Crippen LogP contribution in [-0.4, -0.2) is 37.1 Å². The molecule has 0 saturated heterocycles. The number of carbonyl (C=O) groups is 2. The minimum atomic E-state index is -0.759. The lowest BCUT2D eigenvalue weighted by atomic mass is 10.1. The van der Waals surface area contributed by atoms with Gasteiger partial charge in [0.25, 0.3) is 11.6 Å². The van der Waals surface area contributed by atoms with Crippen LogP contribution in [-0.2, 0) is 14.3 Å². The van der Waals surface area contributed by atoms with Gasteiger partial charge < -0.3 is 19.5 Å². The smallest absolute Gasteiger partial charge is 0.344 e. The number of rotatable bonds is 9. The maximum atomic E-state index is 12.5. The molecule has 0 aliphatic heterocycles. The van der Waals surface area contributed by atoms with Crippen LogP contribution in [0.25, 0.3) is 6.08 Å². The molecule has 1 N–H and O–H groups in total. The molecule has 0 fully saturated rings. The van der Waals surface area contributed by atoms with Crippen molar-refractivity contribution >= 4 is 40.9 Å². The second-order valence-corrected chi connectivity index (χ2v) is 6.46. The van der Waals surface area contributed by atoms with E-state index in [0.29, 0.717) is 5.56 Å². The quantitative estimate of drug-likeness (QED) is 0.196. The van der Waals surface area contributed by atoms with Gasteiger partial charge in [0, 0.05) is 12.1 Å². The van der Waals surface area contributed by atoms with Gasteiger partial charge in [0.2, 0.25) is 0 Å². The van der Waals surface area contributed by atoms with Gasteiger partial charge in [-0.05, 0) is 36.8 Å². The van der Waals surface area contributed by atoms with Crippen molar-refractivity contribution in [2.45, 2.75) is 6.92 Å². The third-order valence-corrected chi connectivity index (χ3v) is 4.24. The van der Waals surface area contributed by atoms with E-state index in [-0.39, 0.29) is 46.7 Å². The number of nitrogens with zero attached hydrogens (tertiary/aromatic N) is 2. The molecule has 0 atom stereocenters. The molecule has 11 heteroatoms. The van der Waals surface area contributed by atoms with Crippen LogP contribution in [0.5, 0.6) is 11.5 Å². The molecule has 2 aromatic rings. The molecule has 0 saturated carbocycles. The molecule has 0 spiro atoms. The summed E-state index contributed by atoms with van der Waals surface area (Å²) >= 11 is 5.97. The third-order valence-electron chi connectivity index (χ3n) is 3.93. The summed E-state index contributed by atoms with van der Waals surface area (Å²) in [4.78, 5) is 34.1. The van der Waals surface area contributed by atoms with E-state index < -0.39 is 16.8 Å². The lowest BCUT2D eigenvalue weighted by Crippen LogP contribution is -2.15. The average Bonchev–Trinajstić information content (AvgIpc) is 2.77. The van der Waals surface area contributed by atoms with Crippen LogP contribution in [0.2, 0.25) is 5.02 Å². The first-order valence-corrected chi connectivity index (χ1v) is 9.50. The van der Waals surface area contributed by atoms with E-state index in [1.807, 2.05) is 0 Å². The number of methoxy groups -OCH3 is 1. The Labute approximate surface area is 188 Å². The Balaban J connectivity index is 2.19. The molecule has 0 unspecified atom stereocenters. The minimum Gasteiger partial charge on any atom is -0.493 e. The SMILES string of the molecule is CCOC(=O)COc1ccc(/C=C(\C#N)C(=O)Nc2ccc([N+](=O)[O-])cc2Cl)cc1OC. The molecule has 0 bridgehead atoms. The number of carbonyl (C=O) groups excluding carboxylic acids is 2. The Hall–Kier alpha value is -4.10. The van der Waals surface area contributed by atoms with Gasteiger partial charge >= 0.3 is 5.97 Å². The fraction of sp³-hybridized carbons (Fsp3) is 0.190. The minimum absolute atomic E-state index is 0.0467. The summed E-state index contributed by atoms with van der Waals surface area (Å²) in [7, 11) is 1.40. The fourth-order valence-corrected chi connectivity index (χ4v) is 2.68. The van der Waals surface area contributed by atoms with Gasteiger partial charge in [-0.25, -0.2) is 4.79 Å². The van der Waals surface area contributed by atoms with Crippen molar-refractivity contribution in [1.29, 1.82) is 5.26 Å². The summed E-state index contributed by atoms with van der Waals surface area (Å²) in [6, 6.07) is 9.93. The number of anilines is 1. The zero-order valence-electron chi connectivity index (χ0n) is 17.1. The summed E-state index contributed by atoms with van der Waals surface area (Å²) in [6.45, 7) is 1.60. The van der Waals surface area contributed by atoms with E-state index in [4.69, 9.17) is 25.8 Å². The molecule has 1 amide bonds. The molecular weight excluding hydrogens is 442 g/mol. The number of amides is 1. The molecule has 166 valence electrons. The number of nitro groups is 1. The van der Waals surface area contributed by atoms with E-state index in [1.54, 1.807) is 19.1 Å². The van der Waals surface area contributed by atoms with E-state index in [9.17, 15) is 25.0 Å². The van der Waals surface area contributed by atoms with Crippen LogP contribution < -0.4 is 14.8 Å². The van der Waals surface area contributed by atoms with Crippen LogP contribution in [0.1, 0.15) is 12.5 Å². The van der Waals surface area contributed by atoms with Gasteiger partial charge in [-0.15, -0.1) is 0 Å². The molecule has 10 nitrogen and oxygen atoms in total. The van der Waals surface area contributed by atoms with E-state index in [0.717, 1.165) is 6.07 Å².